The van der Waals surface area contributed by atoms with E-state index in [9.17, 15) is 13.2 Å². The minimum atomic E-state index is -3.60. The summed E-state index contributed by atoms with van der Waals surface area (Å²) in [6.45, 7) is 16.9. The van der Waals surface area contributed by atoms with Crippen molar-refractivity contribution in [3.63, 3.8) is 0 Å². The fourth-order valence-corrected chi connectivity index (χ4v) is 6.57. The molecule has 1 amide bonds. The van der Waals surface area contributed by atoms with Crippen molar-refractivity contribution in [1.82, 2.24) is 14.5 Å². The van der Waals surface area contributed by atoms with Gasteiger partial charge in [0.1, 0.15) is 5.58 Å². The van der Waals surface area contributed by atoms with Crippen LogP contribution >= 0.6 is 0 Å². The molecule has 1 aromatic heterocycles. The molecule has 2 heterocycles. The molecule has 3 unspecified atom stereocenters. The summed E-state index contributed by atoms with van der Waals surface area (Å²) in [7, 11) is -3.60. The highest BCUT2D eigenvalue weighted by molar-refractivity contribution is 7.89. The van der Waals surface area contributed by atoms with Crippen LogP contribution in [0, 0.1) is 24.7 Å². The van der Waals surface area contributed by atoms with E-state index >= 15 is 0 Å². The number of carbonyl (C=O) groups is 1. The standard InChI is InChI=1S/C25H39N3O4S/c1-7-27(8-2)14-19(5)13-26-25(29)24-20(6)22-12-21(9-10-23(22)32-24)33(30,31)28-15-17(3)11-18(4)16-28/h9-10,12,17-19H,7-8,11,13-16H2,1-6H3,(H,26,29). The first-order valence-corrected chi connectivity index (χ1v) is 13.5. The second-order valence-electron chi connectivity index (χ2n) is 9.78. The first-order valence-electron chi connectivity index (χ1n) is 12.1. The van der Waals surface area contributed by atoms with Crippen molar-refractivity contribution in [2.24, 2.45) is 17.8 Å². The second kappa shape index (κ2) is 10.6. The Morgan fingerprint density at radius 1 is 1.21 bits per heavy atom. The van der Waals surface area contributed by atoms with Gasteiger partial charge in [-0.3, -0.25) is 4.79 Å². The van der Waals surface area contributed by atoms with Gasteiger partial charge in [-0.25, -0.2) is 8.42 Å². The van der Waals surface area contributed by atoms with Crippen LogP contribution in [0.2, 0.25) is 0 Å². The number of nitrogens with zero attached hydrogens (tertiary/aromatic N) is 2. The van der Waals surface area contributed by atoms with E-state index in [0.29, 0.717) is 53.9 Å². The Morgan fingerprint density at radius 2 is 1.85 bits per heavy atom. The Kier molecular flexibility index (Phi) is 8.24. The first kappa shape index (κ1) is 25.7. The van der Waals surface area contributed by atoms with Crippen LogP contribution in [0.4, 0.5) is 0 Å². The number of hydrogen-bond acceptors (Lipinski definition) is 5. The summed E-state index contributed by atoms with van der Waals surface area (Å²) < 4.78 is 34.0. The van der Waals surface area contributed by atoms with Gasteiger partial charge in [0.2, 0.25) is 10.0 Å². The van der Waals surface area contributed by atoms with Gasteiger partial charge in [-0.15, -0.1) is 0 Å². The minimum absolute atomic E-state index is 0.245. The van der Waals surface area contributed by atoms with E-state index in [1.807, 2.05) is 6.92 Å². The molecular formula is C25H39N3O4S. The van der Waals surface area contributed by atoms with Crippen LogP contribution in [0.1, 0.15) is 57.2 Å². The van der Waals surface area contributed by atoms with Gasteiger partial charge in [-0.1, -0.05) is 34.6 Å². The lowest BCUT2D eigenvalue weighted by atomic mass is 9.94. The van der Waals surface area contributed by atoms with E-state index in [0.717, 1.165) is 26.1 Å². The second-order valence-corrected chi connectivity index (χ2v) is 11.7. The molecule has 3 rings (SSSR count). The van der Waals surface area contributed by atoms with Crippen molar-refractivity contribution in [3.8, 4) is 0 Å². The fraction of sp³-hybridized carbons (Fsp3) is 0.640. The molecule has 0 aliphatic carbocycles. The Bertz CT molecular complexity index is 1060. The molecule has 1 saturated heterocycles. The van der Waals surface area contributed by atoms with Gasteiger partial charge < -0.3 is 14.6 Å². The summed E-state index contributed by atoms with van der Waals surface area (Å²) >= 11 is 0. The third-order valence-electron chi connectivity index (χ3n) is 6.66. The van der Waals surface area contributed by atoms with Gasteiger partial charge in [0, 0.05) is 37.1 Å². The molecule has 1 N–H and O–H groups in total. The van der Waals surface area contributed by atoms with Gasteiger partial charge in [0.25, 0.3) is 5.91 Å². The smallest absolute Gasteiger partial charge is 0.287 e. The number of fused-ring (bicyclic) bond motifs is 1. The van der Waals surface area contributed by atoms with Gasteiger partial charge in [-0.2, -0.15) is 4.31 Å². The number of carbonyl (C=O) groups excluding carboxylic acids is 1. The maximum absolute atomic E-state index is 13.3. The SMILES string of the molecule is CCN(CC)CC(C)CNC(=O)c1oc2ccc(S(=O)(=O)N3CC(C)CC(C)C3)cc2c1C. The van der Waals surface area contributed by atoms with E-state index in [2.05, 4.69) is 44.8 Å². The molecule has 0 radical (unpaired) electrons. The van der Waals surface area contributed by atoms with Crippen molar-refractivity contribution in [2.45, 2.75) is 52.9 Å². The zero-order chi connectivity index (χ0) is 24.3. The lowest BCUT2D eigenvalue weighted by Crippen LogP contribution is -2.42. The van der Waals surface area contributed by atoms with Gasteiger partial charge >= 0.3 is 0 Å². The molecule has 33 heavy (non-hydrogen) atoms. The topological polar surface area (TPSA) is 82.9 Å². The highest BCUT2D eigenvalue weighted by atomic mass is 32.2. The minimum Gasteiger partial charge on any atom is -0.451 e. The van der Waals surface area contributed by atoms with Gasteiger partial charge in [-0.05, 0) is 62.4 Å². The van der Waals surface area contributed by atoms with E-state index in [4.69, 9.17) is 4.42 Å². The molecule has 7 nitrogen and oxygen atoms in total. The van der Waals surface area contributed by atoms with Gasteiger partial charge in [0.15, 0.2) is 5.76 Å². The van der Waals surface area contributed by atoms with E-state index in [1.165, 1.54) is 0 Å². The molecule has 1 aromatic carbocycles. The van der Waals surface area contributed by atoms with Crippen LogP contribution in [0.5, 0.6) is 0 Å². The molecule has 2 aromatic rings. The van der Waals surface area contributed by atoms with Crippen LogP contribution in [0.25, 0.3) is 11.0 Å². The third kappa shape index (κ3) is 5.78. The molecule has 1 aliphatic rings. The van der Waals surface area contributed by atoms with Crippen molar-refractivity contribution < 1.29 is 17.6 Å². The molecule has 1 aliphatic heterocycles. The zero-order valence-corrected chi connectivity index (χ0v) is 21.7. The van der Waals surface area contributed by atoms with Crippen molar-refractivity contribution >= 4 is 26.9 Å². The maximum Gasteiger partial charge on any atom is 0.287 e. The van der Waals surface area contributed by atoms with Crippen LogP contribution < -0.4 is 5.32 Å². The Labute approximate surface area is 198 Å². The number of nitrogens with one attached hydrogen (secondary N) is 1. The van der Waals surface area contributed by atoms with Gasteiger partial charge in [0.05, 0.1) is 4.90 Å². The normalized spacial score (nSPS) is 20.9. The van der Waals surface area contributed by atoms with E-state index in [1.54, 1.807) is 22.5 Å². The number of furan rings is 1. The number of aryl methyl sites for hydroxylation is 1. The van der Waals surface area contributed by atoms with Crippen molar-refractivity contribution in [2.75, 3.05) is 39.3 Å². The number of hydrogen-bond donors (Lipinski definition) is 1. The number of rotatable bonds is 9. The summed E-state index contributed by atoms with van der Waals surface area (Å²) in [5.41, 5.74) is 1.18. The highest BCUT2D eigenvalue weighted by Gasteiger charge is 2.32. The Balaban J connectivity index is 1.78. The molecule has 0 saturated carbocycles. The van der Waals surface area contributed by atoms with Crippen LogP contribution in [-0.4, -0.2) is 62.8 Å². The van der Waals surface area contributed by atoms with E-state index < -0.39 is 10.0 Å². The van der Waals surface area contributed by atoms with Crippen LogP contribution in [0.15, 0.2) is 27.5 Å². The number of amides is 1. The summed E-state index contributed by atoms with van der Waals surface area (Å²) in [6, 6.07) is 4.89. The fourth-order valence-electron chi connectivity index (χ4n) is 4.86. The number of benzene rings is 1. The lowest BCUT2D eigenvalue weighted by molar-refractivity contribution is 0.0918. The molecule has 1 fully saturated rings. The van der Waals surface area contributed by atoms with Crippen molar-refractivity contribution in [1.29, 1.82) is 0 Å². The zero-order valence-electron chi connectivity index (χ0n) is 20.8. The average Bonchev–Trinajstić information content (AvgIpc) is 3.11. The molecule has 8 heteroatoms. The molecule has 184 valence electrons. The Morgan fingerprint density at radius 3 is 2.45 bits per heavy atom. The summed E-state index contributed by atoms with van der Waals surface area (Å²) in [6.07, 6.45) is 1.04. The van der Waals surface area contributed by atoms with Crippen LogP contribution in [0.3, 0.4) is 0 Å². The number of sulfonamides is 1. The summed E-state index contributed by atoms with van der Waals surface area (Å²) in [4.78, 5) is 15.4. The van der Waals surface area contributed by atoms with Crippen LogP contribution in [-0.2, 0) is 10.0 Å². The number of piperidine rings is 1. The van der Waals surface area contributed by atoms with E-state index in [-0.39, 0.29) is 16.6 Å². The average molecular weight is 478 g/mol. The summed E-state index contributed by atoms with van der Waals surface area (Å²) in [5, 5.41) is 3.64. The molecule has 0 bridgehead atoms. The summed E-state index contributed by atoms with van der Waals surface area (Å²) in [5.74, 6) is 0.960. The maximum atomic E-state index is 13.3. The monoisotopic (exact) mass is 477 g/mol. The lowest BCUT2D eigenvalue weighted by Gasteiger charge is -2.34. The largest absolute Gasteiger partial charge is 0.451 e. The molecule has 3 atom stereocenters. The Hall–Kier alpha value is -1.90. The first-order chi connectivity index (χ1) is 15.6. The predicted octanol–water partition coefficient (Wildman–Crippen LogP) is 4.12. The van der Waals surface area contributed by atoms with Crippen molar-refractivity contribution in [3.05, 3.63) is 29.5 Å². The predicted molar refractivity (Wildman–Crippen MR) is 132 cm³/mol. The molecular weight excluding hydrogens is 438 g/mol. The third-order valence-corrected chi connectivity index (χ3v) is 8.49. The quantitative estimate of drug-likeness (QED) is 0.588. The molecule has 0 spiro atoms. The highest BCUT2D eigenvalue weighted by Crippen LogP contribution is 2.31.